The Morgan fingerprint density at radius 3 is 1.61 bits per heavy atom. The lowest BCUT2D eigenvalue weighted by atomic mass is 10.1. The van der Waals surface area contributed by atoms with Gasteiger partial charge in [-0.25, -0.2) is 0 Å². The van der Waals surface area contributed by atoms with Crippen LogP contribution < -0.4 is 9.47 Å². The van der Waals surface area contributed by atoms with Crippen LogP contribution in [0.1, 0.15) is 0 Å². The molecule has 0 aliphatic rings. The molecule has 0 spiro atoms. The molecule has 0 amide bonds. The van der Waals surface area contributed by atoms with Gasteiger partial charge < -0.3 is 14.6 Å². The summed E-state index contributed by atoms with van der Waals surface area (Å²) < 4.78 is 11.2. The molecule has 0 aromatic heterocycles. The van der Waals surface area contributed by atoms with Crippen molar-refractivity contribution >= 4 is 0 Å². The Bertz CT molecular complexity index is 719. The van der Waals surface area contributed by atoms with Crippen molar-refractivity contribution in [2.24, 2.45) is 0 Å². The molecule has 3 aromatic rings. The SMILES string of the molecule is Oc1ccc(OCCOc2ccc(-c3ccccc3)cc2)cc1. The molecule has 0 bridgehead atoms. The second-order valence-corrected chi connectivity index (χ2v) is 5.08. The largest absolute Gasteiger partial charge is 0.508 e. The van der Waals surface area contributed by atoms with Crippen molar-refractivity contribution in [1.82, 2.24) is 0 Å². The fourth-order valence-electron chi connectivity index (χ4n) is 2.24. The van der Waals surface area contributed by atoms with E-state index in [9.17, 15) is 5.11 Å². The van der Waals surface area contributed by atoms with Crippen LogP contribution in [0, 0.1) is 0 Å². The van der Waals surface area contributed by atoms with Crippen molar-refractivity contribution in [2.45, 2.75) is 0 Å². The highest BCUT2D eigenvalue weighted by atomic mass is 16.5. The molecule has 3 heteroatoms. The van der Waals surface area contributed by atoms with E-state index in [-0.39, 0.29) is 5.75 Å². The number of hydrogen-bond donors (Lipinski definition) is 1. The maximum atomic E-state index is 9.20. The topological polar surface area (TPSA) is 38.7 Å². The molecule has 3 rings (SSSR count). The summed E-state index contributed by atoms with van der Waals surface area (Å²) in [7, 11) is 0. The molecule has 3 nitrogen and oxygen atoms in total. The van der Waals surface area contributed by atoms with Gasteiger partial charge in [-0.3, -0.25) is 0 Å². The summed E-state index contributed by atoms with van der Waals surface area (Å²) in [6.45, 7) is 0.913. The highest BCUT2D eigenvalue weighted by Crippen LogP contribution is 2.22. The van der Waals surface area contributed by atoms with Gasteiger partial charge in [0.1, 0.15) is 30.5 Å². The quantitative estimate of drug-likeness (QED) is 0.681. The lowest BCUT2D eigenvalue weighted by Crippen LogP contribution is -2.08. The van der Waals surface area contributed by atoms with Crippen molar-refractivity contribution in [3.05, 3.63) is 78.9 Å². The molecule has 0 aliphatic heterocycles. The molecular formula is C20H18O3. The summed E-state index contributed by atoms with van der Waals surface area (Å²) in [5.74, 6) is 1.76. The zero-order valence-corrected chi connectivity index (χ0v) is 12.7. The summed E-state index contributed by atoms with van der Waals surface area (Å²) in [6, 6.07) is 24.9. The molecule has 0 unspecified atom stereocenters. The molecule has 1 N–H and O–H groups in total. The van der Waals surface area contributed by atoms with Gasteiger partial charge >= 0.3 is 0 Å². The molecule has 3 aromatic carbocycles. The molecule has 0 radical (unpaired) electrons. The second-order valence-electron chi connectivity index (χ2n) is 5.08. The Balaban J connectivity index is 1.48. The molecule has 0 saturated carbocycles. The van der Waals surface area contributed by atoms with E-state index in [1.165, 1.54) is 11.1 Å². The fourth-order valence-corrected chi connectivity index (χ4v) is 2.24. The maximum absolute atomic E-state index is 9.20. The van der Waals surface area contributed by atoms with Gasteiger partial charge in [0.2, 0.25) is 0 Å². The number of ether oxygens (including phenoxy) is 2. The zero-order valence-electron chi connectivity index (χ0n) is 12.7. The molecule has 0 fully saturated rings. The van der Waals surface area contributed by atoms with Gasteiger partial charge in [-0.15, -0.1) is 0 Å². The highest BCUT2D eigenvalue weighted by molar-refractivity contribution is 5.63. The minimum Gasteiger partial charge on any atom is -0.508 e. The van der Waals surface area contributed by atoms with Gasteiger partial charge in [0.25, 0.3) is 0 Å². The van der Waals surface area contributed by atoms with Crippen LogP contribution in [0.4, 0.5) is 0 Å². The van der Waals surface area contributed by atoms with E-state index in [0.29, 0.717) is 19.0 Å². The number of hydrogen-bond acceptors (Lipinski definition) is 3. The summed E-state index contributed by atoms with van der Waals surface area (Å²) in [4.78, 5) is 0. The van der Waals surface area contributed by atoms with Gasteiger partial charge in [-0.2, -0.15) is 0 Å². The van der Waals surface area contributed by atoms with Crippen LogP contribution in [0.3, 0.4) is 0 Å². The van der Waals surface area contributed by atoms with E-state index in [2.05, 4.69) is 12.1 Å². The minimum absolute atomic E-state index is 0.229. The lowest BCUT2D eigenvalue weighted by molar-refractivity contribution is 0.217. The van der Waals surface area contributed by atoms with E-state index >= 15 is 0 Å². The molecule has 0 atom stereocenters. The van der Waals surface area contributed by atoms with Gasteiger partial charge in [0.15, 0.2) is 0 Å². The average Bonchev–Trinajstić information content (AvgIpc) is 2.62. The lowest BCUT2D eigenvalue weighted by Gasteiger charge is -2.09. The van der Waals surface area contributed by atoms with Crippen LogP contribution in [0.15, 0.2) is 78.9 Å². The van der Waals surface area contributed by atoms with E-state index in [4.69, 9.17) is 9.47 Å². The van der Waals surface area contributed by atoms with Crippen molar-refractivity contribution < 1.29 is 14.6 Å². The van der Waals surface area contributed by atoms with Gasteiger partial charge in [0, 0.05) is 0 Å². The summed E-state index contributed by atoms with van der Waals surface area (Å²) in [5, 5.41) is 9.20. The van der Waals surface area contributed by atoms with Crippen molar-refractivity contribution in [2.75, 3.05) is 13.2 Å². The van der Waals surface area contributed by atoms with Gasteiger partial charge in [0.05, 0.1) is 0 Å². The highest BCUT2D eigenvalue weighted by Gasteiger charge is 1.99. The molecule has 0 aliphatic carbocycles. The summed E-state index contributed by atoms with van der Waals surface area (Å²) in [6.07, 6.45) is 0. The standard InChI is InChI=1S/C20H18O3/c21-18-8-12-20(13-9-18)23-15-14-22-19-10-6-17(7-11-19)16-4-2-1-3-5-16/h1-13,21H,14-15H2. The van der Waals surface area contributed by atoms with E-state index in [1.54, 1.807) is 24.3 Å². The van der Waals surface area contributed by atoms with Crippen molar-refractivity contribution in [3.63, 3.8) is 0 Å². The molecule has 23 heavy (non-hydrogen) atoms. The van der Waals surface area contributed by atoms with Crippen LogP contribution >= 0.6 is 0 Å². The monoisotopic (exact) mass is 306 g/mol. The average molecular weight is 306 g/mol. The van der Waals surface area contributed by atoms with E-state index in [0.717, 1.165) is 5.75 Å². The normalized spacial score (nSPS) is 10.3. The molecule has 0 saturated heterocycles. The Kier molecular flexibility index (Phi) is 4.79. The summed E-state index contributed by atoms with van der Waals surface area (Å²) >= 11 is 0. The molecular weight excluding hydrogens is 288 g/mol. The first-order valence-electron chi connectivity index (χ1n) is 7.51. The van der Waals surface area contributed by atoms with Crippen LogP contribution in [-0.2, 0) is 0 Å². The van der Waals surface area contributed by atoms with E-state index < -0.39 is 0 Å². The van der Waals surface area contributed by atoms with Crippen LogP contribution in [0.25, 0.3) is 11.1 Å². The van der Waals surface area contributed by atoms with Gasteiger partial charge in [-0.05, 0) is 47.5 Å². The first-order chi connectivity index (χ1) is 11.3. The third kappa shape index (κ3) is 4.27. The third-order valence-electron chi connectivity index (χ3n) is 3.42. The fraction of sp³-hybridized carbons (Fsp3) is 0.100. The van der Waals surface area contributed by atoms with Crippen molar-refractivity contribution in [3.8, 4) is 28.4 Å². The Morgan fingerprint density at radius 2 is 1.04 bits per heavy atom. The Morgan fingerprint density at radius 1 is 0.565 bits per heavy atom. The zero-order chi connectivity index (χ0) is 15.9. The second kappa shape index (κ2) is 7.36. The smallest absolute Gasteiger partial charge is 0.122 e. The maximum Gasteiger partial charge on any atom is 0.122 e. The number of phenols is 1. The number of phenolic OH excluding ortho intramolecular Hbond substituents is 1. The number of aromatic hydroxyl groups is 1. The first kappa shape index (κ1) is 15.0. The minimum atomic E-state index is 0.229. The van der Waals surface area contributed by atoms with Crippen molar-refractivity contribution in [1.29, 1.82) is 0 Å². The molecule has 0 heterocycles. The predicted molar refractivity (Wildman–Crippen MR) is 91.0 cm³/mol. The van der Waals surface area contributed by atoms with Gasteiger partial charge in [-0.1, -0.05) is 42.5 Å². The number of rotatable bonds is 6. The van der Waals surface area contributed by atoms with Crippen LogP contribution in [-0.4, -0.2) is 18.3 Å². The Hall–Kier alpha value is -2.94. The van der Waals surface area contributed by atoms with Crippen LogP contribution in [0.2, 0.25) is 0 Å². The molecule has 116 valence electrons. The Labute approximate surface area is 135 Å². The first-order valence-corrected chi connectivity index (χ1v) is 7.51. The predicted octanol–water partition coefficient (Wildman–Crippen LogP) is 4.52. The summed E-state index contributed by atoms with van der Waals surface area (Å²) in [5.41, 5.74) is 2.35. The van der Waals surface area contributed by atoms with E-state index in [1.807, 2.05) is 42.5 Å². The van der Waals surface area contributed by atoms with Crippen LogP contribution in [0.5, 0.6) is 17.2 Å². The third-order valence-corrected chi connectivity index (χ3v) is 3.42. The number of benzene rings is 3.